The molecule has 3 aromatic rings. The number of hydrogen-bond acceptors (Lipinski definition) is 2. The molecule has 138 valence electrons. The van der Waals surface area contributed by atoms with Gasteiger partial charge in [0.1, 0.15) is 5.75 Å². The Morgan fingerprint density at radius 2 is 1.70 bits per heavy atom. The predicted octanol–water partition coefficient (Wildman–Crippen LogP) is 2.23. The first-order valence-electron chi connectivity index (χ1n) is 8.72. The number of aromatic hydroxyl groups is 1. The molecule has 0 atom stereocenters. The Labute approximate surface area is 158 Å². The van der Waals surface area contributed by atoms with E-state index >= 15 is 0 Å². The van der Waals surface area contributed by atoms with Gasteiger partial charge in [0.15, 0.2) is 0 Å². The number of phenols is 1. The van der Waals surface area contributed by atoms with Gasteiger partial charge in [-0.3, -0.25) is 15.9 Å². The fourth-order valence-electron chi connectivity index (χ4n) is 2.92. The lowest BCUT2D eigenvalue weighted by molar-refractivity contribution is -0.120. The topological polar surface area (TPSA) is 101 Å². The number of hydrogen-bond donors (Lipinski definition) is 4. The van der Waals surface area contributed by atoms with Crippen molar-refractivity contribution < 1.29 is 15.3 Å². The summed E-state index contributed by atoms with van der Waals surface area (Å²) in [5.74, 6) is 0.310. The van der Waals surface area contributed by atoms with Crippen molar-refractivity contribution in [3.05, 3.63) is 71.3 Å². The minimum absolute atomic E-state index is 0.152. The Kier molecular flexibility index (Phi) is 4.62. The lowest BCUT2D eigenvalue weighted by Gasteiger charge is -2.25. The Morgan fingerprint density at radius 3 is 2.37 bits per heavy atom. The standard InChI is InChI=1S/C22H23N3O2/c1-13-4-8-17(12-19(13)26)22(2,3)21(27)25-18-9-7-14-10-16(20(23)24)6-5-15(14)11-18/h4-12,26H,1-3H3,(H3,23,24)(H,25,27)/p+1. The van der Waals surface area contributed by atoms with Gasteiger partial charge in [-0.15, -0.1) is 0 Å². The maximum Gasteiger partial charge on any atom is 0.270 e. The van der Waals surface area contributed by atoms with Gasteiger partial charge in [0, 0.05) is 5.69 Å². The largest absolute Gasteiger partial charge is 0.508 e. The van der Waals surface area contributed by atoms with Crippen molar-refractivity contribution in [1.82, 2.24) is 0 Å². The second-order valence-electron chi connectivity index (χ2n) is 7.31. The number of aryl methyl sites for hydroxylation is 1. The molecule has 1 amide bonds. The van der Waals surface area contributed by atoms with Crippen molar-refractivity contribution in [3.63, 3.8) is 0 Å². The highest BCUT2D eigenvalue weighted by Gasteiger charge is 2.30. The first kappa shape index (κ1) is 18.5. The third-order valence-corrected chi connectivity index (χ3v) is 4.93. The zero-order valence-electron chi connectivity index (χ0n) is 15.7. The molecule has 6 N–H and O–H groups in total. The molecule has 0 aliphatic carbocycles. The van der Waals surface area contributed by atoms with Crippen molar-refractivity contribution in [2.45, 2.75) is 26.2 Å². The van der Waals surface area contributed by atoms with Crippen LogP contribution < -0.4 is 16.5 Å². The third-order valence-electron chi connectivity index (χ3n) is 4.93. The third kappa shape index (κ3) is 3.62. The maximum atomic E-state index is 12.9. The van der Waals surface area contributed by atoms with Crippen LogP contribution in [0.2, 0.25) is 0 Å². The number of anilines is 1. The average molecular weight is 362 g/mol. The van der Waals surface area contributed by atoms with E-state index < -0.39 is 5.41 Å². The van der Waals surface area contributed by atoms with Crippen LogP contribution in [0.15, 0.2) is 54.6 Å². The van der Waals surface area contributed by atoms with Crippen molar-refractivity contribution in [3.8, 4) is 5.75 Å². The Balaban J connectivity index is 1.87. The summed E-state index contributed by atoms with van der Waals surface area (Å²) in [7, 11) is 0. The van der Waals surface area contributed by atoms with Gasteiger partial charge in [-0.25, -0.2) is 0 Å². The number of rotatable bonds is 4. The van der Waals surface area contributed by atoms with Crippen LogP contribution in [0.1, 0.15) is 30.5 Å². The summed E-state index contributed by atoms with van der Waals surface area (Å²) < 4.78 is 0. The second-order valence-corrected chi connectivity index (χ2v) is 7.31. The highest BCUT2D eigenvalue weighted by Crippen LogP contribution is 2.30. The highest BCUT2D eigenvalue weighted by molar-refractivity contribution is 6.01. The molecule has 0 saturated heterocycles. The van der Waals surface area contributed by atoms with Crippen molar-refractivity contribution in [2.75, 3.05) is 5.32 Å². The number of nitrogens with two attached hydrogens (primary N) is 2. The van der Waals surface area contributed by atoms with Crippen LogP contribution in [-0.4, -0.2) is 16.8 Å². The van der Waals surface area contributed by atoms with E-state index in [2.05, 4.69) is 5.32 Å². The molecule has 0 aliphatic heterocycles. The van der Waals surface area contributed by atoms with E-state index in [1.807, 2.05) is 69.3 Å². The molecule has 0 aromatic heterocycles. The number of amidine groups is 1. The van der Waals surface area contributed by atoms with Crippen molar-refractivity contribution >= 4 is 28.2 Å². The van der Waals surface area contributed by atoms with Gasteiger partial charge in [-0.05, 0) is 73.0 Å². The predicted molar refractivity (Wildman–Crippen MR) is 109 cm³/mol. The van der Waals surface area contributed by atoms with E-state index in [1.54, 1.807) is 6.07 Å². The van der Waals surface area contributed by atoms with Gasteiger partial charge >= 0.3 is 0 Å². The Bertz CT molecular complexity index is 1050. The zero-order chi connectivity index (χ0) is 19.8. The summed E-state index contributed by atoms with van der Waals surface area (Å²) >= 11 is 0. The zero-order valence-corrected chi connectivity index (χ0v) is 15.7. The fourth-order valence-corrected chi connectivity index (χ4v) is 2.92. The smallest absolute Gasteiger partial charge is 0.270 e. The summed E-state index contributed by atoms with van der Waals surface area (Å²) in [5.41, 5.74) is 7.85. The van der Waals surface area contributed by atoms with Crippen molar-refractivity contribution in [2.24, 2.45) is 5.73 Å². The minimum Gasteiger partial charge on any atom is -0.508 e. The molecule has 0 saturated carbocycles. The van der Waals surface area contributed by atoms with Gasteiger partial charge in [0.05, 0.1) is 11.0 Å². The Morgan fingerprint density at radius 1 is 1.04 bits per heavy atom. The van der Waals surface area contributed by atoms with Gasteiger partial charge in [-0.2, -0.15) is 0 Å². The van der Waals surface area contributed by atoms with Gasteiger partial charge in [0.25, 0.3) is 5.84 Å². The quantitative estimate of drug-likeness (QED) is 0.423. The van der Waals surface area contributed by atoms with Gasteiger partial charge in [-0.1, -0.05) is 24.3 Å². The van der Waals surface area contributed by atoms with E-state index in [1.165, 1.54) is 0 Å². The van der Waals surface area contributed by atoms with Gasteiger partial charge < -0.3 is 10.4 Å². The summed E-state index contributed by atoms with van der Waals surface area (Å²) in [4.78, 5) is 12.9. The summed E-state index contributed by atoms with van der Waals surface area (Å²) in [6.45, 7) is 5.49. The van der Waals surface area contributed by atoms with E-state index in [4.69, 9.17) is 11.1 Å². The van der Waals surface area contributed by atoms with E-state index in [0.717, 1.165) is 27.5 Å². The number of benzene rings is 3. The molecule has 27 heavy (non-hydrogen) atoms. The number of fused-ring (bicyclic) bond motifs is 1. The molecule has 0 aliphatic rings. The SMILES string of the molecule is Cc1ccc(C(C)(C)C(=O)Nc2ccc3cc(C(N)=[NH2+])ccc3c2)cc1O. The molecule has 0 spiro atoms. The molecular formula is C22H24N3O2+. The molecule has 3 aromatic carbocycles. The molecule has 5 nitrogen and oxygen atoms in total. The number of carbonyl (C=O) groups excluding carboxylic acids is 1. The normalized spacial score (nSPS) is 11.4. The second kappa shape index (κ2) is 6.76. The summed E-state index contributed by atoms with van der Waals surface area (Å²) in [6, 6.07) is 16.7. The molecule has 3 rings (SSSR count). The molecule has 0 radical (unpaired) electrons. The number of nitrogens with one attached hydrogen (secondary N) is 1. The maximum absolute atomic E-state index is 12.9. The van der Waals surface area contributed by atoms with E-state index in [0.29, 0.717) is 5.69 Å². The monoisotopic (exact) mass is 362 g/mol. The van der Waals surface area contributed by atoms with E-state index in [9.17, 15) is 9.90 Å². The fraction of sp³-hybridized carbons (Fsp3) is 0.182. The minimum atomic E-state index is -0.799. The molecule has 0 bridgehead atoms. The van der Waals surface area contributed by atoms with Crippen LogP contribution in [0.3, 0.4) is 0 Å². The first-order chi connectivity index (χ1) is 12.7. The van der Waals surface area contributed by atoms with Crippen LogP contribution in [0, 0.1) is 6.92 Å². The molecule has 0 unspecified atom stereocenters. The number of phenolic OH excluding ortho intramolecular Hbond substituents is 1. The van der Waals surface area contributed by atoms with Crippen molar-refractivity contribution in [1.29, 1.82) is 0 Å². The summed E-state index contributed by atoms with van der Waals surface area (Å²) in [5, 5.41) is 20.5. The Hall–Kier alpha value is -3.34. The number of amides is 1. The lowest BCUT2D eigenvalue weighted by Crippen LogP contribution is -2.46. The van der Waals surface area contributed by atoms with Crippen LogP contribution in [0.5, 0.6) is 5.75 Å². The average Bonchev–Trinajstić information content (AvgIpc) is 2.63. The van der Waals surface area contributed by atoms with Crippen LogP contribution in [0.25, 0.3) is 10.8 Å². The molecule has 5 heteroatoms. The van der Waals surface area contributed by atoms with Gasteiger partial charge in [0.2, 0.25) is 5.91 Å². The first-order valence-corrected chi connectivity index (χ1v) is 8.72. The van der Waals surface area contributed by atoms with Crippen LogP contribution >= 0.6 is 0 Å². The van der Waals surface area contributed by atoms with Crippen LogP contribution in [-0.2, 0) is 10.2 Å². The molecule has 0 fully saturated rings. The van der Waals surface area contributed by atoms with Crippen LogP contribution in [0.4, 0.5) is 5.69 Å². The molecular weight excluding hydrogens is 338 g/mol. The lowest BCUT2D eigenvalue weighted by atomic mass is 9.83. The molecule has 0 heterocycles. The van der Waals surface area contributed by atoms with E-state index in [-0.39, 0.29) is 17.5 Å². The summed E-state index contributed by atoms with van der Waals surface area (Å²) in [6.07, 6.45) is 0. The number of carbonyl (C=O) groups is 1. The highest BCUT2D eigenvalue weighted by atomic mass is 16.3.